The van der Waals surface area contributed by atoms with Crippen LogP contribution in [0.25, 0.3) is 0 Å². The molecule has 1 aromatic heterocycles. The van der Waals surface area contributed by atoms with Gasteiger partial charge in [0, 0.05) is 14.0 Å². The van der Waals surface area contributed by atoms with Crippen LogP contribution in [0.4, 0.5) is 5.69 Å². The Morgan fingerprint density at radius 3 is 2.50 bits per heavy atom. The molecular weight excluding hydrogens is 426 g/mol. The Kier molecular flexibility index (Phi) is 4.38. The van der Waals surface area contributed by atoms with E-state index in [0.717, 1.165) is 11.3 Å². The highest BCUT2D eigenvalue weighted by atomic mass is 79.9. The second-order valence-corrected chi connectivity index (χ2v) is 8.22. The van der Waals surface area contributed by atoms with E-state index >= 15 is 0 Å². The van der Waals surface area contributed by atoms with Crippen LogP contribution < -0.4 is 4.72 Å². The summed E-state index contributed by atoms with van der Waals surface area (Å²) in [7, 11) is -3.61. The Labute approximate surface area is 130 Å². The maximum atomic E-state index is 12.2. The SMILES string of the molecule is O=S(=O)(Nc1cc(Cl)ccc1Br)c1sccc1Br. The van der Waals surface area contributed by atoms with E-state index < -0.39 is 10.0 Å². The molecule has 2 rings (SSSR count). The molecule has 1 N–H and O–H groups in total. The minimum absolute atomic E-state index is 0.231. The molecule has 2 aromatic rings. The van der Waals surface area contributed by atoms with E-state index in [1.54, 1.807) is 29.6 Å². The van der Waals surface area contributed by atoms with Crippen LogP contribution in [0.3, 0.4) is 0 Å². The molecule has 0 fully saturated rings. The summed E-state index contributed by atoms with van der Waals surface area (Å²) in [6, 6.07) is 6.59. The van der Waals surface area contributed by atoms with Gasteiger partial charge in [-0.1, -0.05) is 11.6 Å². The third kappa shape index (κ3) is 3.08. The standard InChI is InChI=1S/C10H6Br2ClNO2S2/c11-7-2-1-6(13)5-9(7)14-18(15,16)10-8(12)3-4-17-10/h1-5,14H. The van der Waals surface area contributed by atoms with E-state index in [1.165, 1.54) is 0 Å². The summed E-state index contributed by atoms with van der Waals surface area (Å²) >= 11 is 13.5. The molecule has 1 aromatic carbocycles. The van der Waals surface area contributed by atoms with Gasteiger partial charge < -0.3 is 0 Å². The molecule has 0 amide bonds. The fourth-order valence-electron chi connectivity index (χ4n) is 1.24. The van der Waals surface area contributed by atoms with Gasteiger partial charge in [-0.3, -0.25) is 4.72 Å². The van der Waals surface area contributed by atoms with Crippen molar-refractivity contribution in [2.24, 2.45) is 0 Å². The van der Waals surface area contributed by atoms with Crippen molar-refractivity contribution in [2.75, 3.05) is 4.72 Å². The van der Waals surface area contributed by atoms with E-state index in [1.807, 2.05) is 0 Å². The molecule has 0 aliphatic rings. The van der Waals surface area contributed by atoms with Crippen LogP contribution in [0, 0.1) is 0 Å². The largest absolute Gasteiger partial charge is 0.278 e. The first-order valence-electron chi connectivity index (χ1n) is 4.61. The van der Waals surface area contributed by atoms with E-state index in [9.17, 15) is 8.42 Å². The molecule has 18 heavy (non-hydrogen) atoms. The van der Waals surface area contributed by atoms with Gasteiger partial charge in [0.2, 0.25) is 0 Å². The van der Waals surface area contributed by atoms with E-state index in [-0.39, 0.29) is 4.21 Å². The molecule has 0 saturated heterocycles. The van der Waals surface area contributed by atoms with Crippen molar-refractivity contribution in [3.8, 4) is 0 Å². The average molecular weight is 432 g/mol. The van der Waals surface area contributed by atoms with Gasteiger partial charge in [0.05, 0.1) is 5.69 Å². The molecule has 0 aliphatic carbocycles. The van der Waals surface area contributed by atoms with Crippen LogP contribution in [0.15, 0.2) is 42.8 Å². The fraction of sp³-hybridized carbons (Fsp3) is 0. The van der Waals surface area contributed by atoms with Crippen molar-refractivity contribution in [3.63, 3.8) is 0 Å². The molecule has 3 nitrogen and oxygen atoms in total. The highest BCUT2D eigenvalue weighted by Crippen LogP contribution is 2.32. The number of sulfonamides is 1. The number of rotatable bonds is 3. The number of hydrogen-bond acceptors (Lipinski definition) is 3. The summed E-state index contributed by atoms with van der Waals surface area (Å²) in [4.78, 5) is 0. The van der Waals surface area contributed by atoms with Crippen LogP contribution in [-0.2, 0) is 10.0 Å². The molecule has 0 bridgehead atoms. The Morgan fingerprint density at radius 2 is 1.89 bits per heavy atom. The maximum Gasteiger partial charge on any atom is 0.272 e. The third-order valence-corrected chi connectivity index (χ3v) is 6.96. The smallest absolute Gasteiger partial charge is 0.272 e. The Morgan fingerprint density at radius 1 is 1.17 bits per heavy atom. The molecule has 96 valence electrons. The highest BCUT2D eigenvalue weighted by molar-refractivity contribution is 9.11. The van der Waals surface area contributed by atoms with Crippen molar-refractivity contribution in [1.82, 2.24) is 0 Å². The lowest BCUT2D eigenvalue weighted by molar-refractivity contribution is 0.603. The number of halogens is 3. The number of anilines is 1. The first kappa shape index (κ1) is 14.3. The lowest BCUT2D eigenvalue weighted by Crippen LogP contribution is -2.12. The summed E-state index contributed by atoms with van der Waals surface area (Å²) in [5, 5.41) is 2.16. The van der Waals surface area contributed by atoms with Gasteiger partial charge in [0.1, 0.15) is 0 Å². The van der Waals surface area contributed by atoms with Crippen LogP contribution in [0.2, 0.25) is 5.02 Å². The van der Waals surface area contributed by atoms with Gasteiger partial charge in [-0.25, -0.2) is 8.42 Å². The van der Waals surface area contributed by atoms with Gasteiger partial charge >= 0.3 is 0 Å². The van der Waals surface area contributed by atoms with Crippen LogP contribution in [0.1, 0.15) is 0 Å². The Balaban J connectivity index is 2.40. The van der Waals surface area contributed by atoms with Crippen molar-refractivity contribution < 1.29 is 8.42 Å². The van der Waals surface area contributed by atoms with Crippen LogP contribution in [0.5, 0.6) is 0 Å². The molecule has 8 heteroatoms. The minimum atomic E-state index is -3.61. The van der Waals surface area contributed by atoms with Crippen LogP contribution >= 0.6 is 54.8 Å². The Hall–Kier alpha value is -0.0800. The van der Waals surface area contributed by atoms with E-state index in [4.69, 9.17) is 11.6 Å². The molecule has 0 unspecified atom stereocenters. The quantitative estimate of drug-likeness (QED) is 0.764. The van der Waals surface area contributed by atoms with Gasteiger partial charge in [0.15, 0.2) is 4.21 Å². The predicted molar refractivity (Wildman–Crippen MR) is 82.0 cm³/mol. The zero-order chi connectivity index (χ0) is 13.3. The molecule has 0 radical (unpaired) electrons. The molecule has 0 saturated carbocycles. The van der Waals surface area contributed by atoms with Crippen molar-refractivity contribution in [3.05, 3.63) is 43.6 Å². The third-order valence-electron chi connectivity index (χ3n) is 2.00. The zero-order valence-corrected chi connectivity index (χ0v) is 14.2. The monoisotopic (exact) mass is 429 g/mol. The summed E-state index contributed by atoms with van der Waals surface area (Å²) in [5.74, 6) is 0. The van der Waals surface area contributed by atoms with Gasteiger partial charge in [-0.15, -0.1) is 11.3 Å². The van der Waals surface area contributed by atoms with Gasteiger partial charge in [0.25, 0.3) is 10.0 Å². The predicted octanol–water partition coefficient (Wildman–Crippen LogP) is 4.73. The lowest BCUT2D eigenvalue weighted by Gasteiger charge is -2.09. The van der Waals surface area contributed by atoms with E-state index in [2.05, 4.69) is 36.6 Å². The number of thiophene rings is 1. The maximum absolute atomic E-state index is 12.2. The summed E-state index contributed by atoms with van der Waals surface area (Å²) < 4.78 is 28.2. The van der Waals surface area contributed by atoms with Gasteiger partial charge in [-0.05, 0) is 61.5 Å². The summed E-state index contributed by atoms with van der Waals surface area (Å²) in [6.45, 7) is 0. The molecule has 1 heterocycles. The van der Waals surface area contributed by atoms with Crippen LogP contribution in [-0.4, -0.2) is 8.42 Å². The van der Waals surface area contributed by atoms with Crippen molar-refractivity contribution in [1.29, 1.82) is 0 Å². The summed E-state index contributed by atoms with van der Waals surface area (Å²) in [5.41, 5.74) is 0.405. The summed E-state index contributed by atoms with van der Waals surface area (Å²) in [6.07, 6.45) is 0. The number of benzene rings is 1. The number of nitrogens with one attached hydrogen (secondary N) is 1. The average Bonchev–Trinajstić information content (AvgIpc) is 2.70. The Bertz CT molecular complexity index is 685. The molecular formula is C10H6Br2ClNO2S2. The first-order chi connectivity index (χ1) is 8.40. The van der Waals surface area contributed by atoms with Crippen molar-refractivity contribution >= 4 is 70.5 Å². The second kappa shape index (κ2) is 5.50. The highest BCUT2D eigenvalue weighted by Gasteiger charge is 2.20. The van der Waals surface area contributed by atoms with E-state index in [0.29, 0.717) is 19.7 Å². The number of hydrogen-bond donors (Lipinski definition) is 1. The zero-order valence-electron chi connectivity index (χ0n) is 8.65. The van der Waals surface area contributed by atoms with Gasteiger partial charge in [-0.2, -0.15) is 0 Å². The molecule has 0 spiro atoms. The first-order valence-corrected chi connectivity index (χ1v) is 8.94. The topological polar surface area (TPSA) is 46.2 Å². The lowest BCUT2D eigenvalue weighted by atomic mass is 10.3. The minimum Gasteiger partial charge on any atom is -0.278 e. The molecule has 0 aliphatic heterocycles. The second-order valence-electron chi connectivity index (χ2n) is 3.29. The normalized spacial score (nSPS) is 11.5. The molecule has 0 atom stereocenters. The fourth-order valence-corrected chi connectivity index (χ4v) is 5.30. The van der Waals surface area contributed by atoms with Crippen molar-refractivity contribution in [2.45, 2.75) is 4.21 Å².